The zero-order valence-electron chi connectivity index (χ0n) is 16.5. The van der Waals surface area contributed by atoms with Crippen LogP contribution in [0.3, 0.4) is 0 Å². The fourth-order valence-electron chi connectivity index (χ4n) is 4.03. The molecule has 0 bridgehead atoms. The molecule has 1 fully saturated rings. The van der Waals surface area contributed by atoms with Gasteiger partial charge >= 0.3 is 0 Å². The van der Waals surface area contributed by atoms with Crippen LogP contribution in [0.4, 0.5) is 5.82 Å². The van der Waals surface area contributed by atoms with Crippen LogP contribution >= 0.6 is 0 Å². The Morgan fingerprint density at radius 2 is 1.83 bits per heavy atom. The first kappa shape index (κ1) is 17.8. The lowest BCUT2D eigenvalue weighted by Gasteiger charge is -2.22. The van der Waals surface area contributed by atoms with Gasteiger partial charge < -0.3 is 10.6 Å². The van der Waals surface area contributed by atoms with Gasteiger partial charge in [-0.2, -0.15) is 0 Å². The summed E-state index contributed by atoms with van der Waals surface area (Å²) in [6.45, 7) is 5.08. The molecular formula is C22H23N7. The Morgan fingerprint density at radius 1 is 1.00 bits per heavy atom. The zero-order valence-corrected chi connectivity index (χ0v) is 16.5. The Labute approximate surface area is 169 Å². The molecule has 3 aromatic heterocycles. The van der Waals surface area contributed by atoms with Gasteiger partial charge in [0.15, 0.2) is 5.65 Å². The van der Waals surface area contributed by atoms with E-state index in [-0.39, 0.29) is 6.04 Å². The van der Waals surface area contributed by atoms with Crippen LogP contribution in [0.15, 0.2) is 55.0 Å². The second-order valence-corrected chi connectivity index (χ2v) is 7.71. The average Bonchev–Trinajstić information content (AvgIpc) is 3.28. The van der Waals surface area contributed by atoms with E-state index in [4.69, 9.17) is 15.7 Å². The number of hydrogen-bond acceptors (Lipinski definition) is 6. The van der Waals surface area contributed by atoms with Gasteiger partial charge in [-0.1, -0.05) is 29.8 Å². The molecule has 0 amide bonds. The molecule has 0 radical (unpaired) electrons. The fourth-order valence-corrected chi connectivity index (χ4v) is 4.03. The first-order valence-corrected chi connectivity index (χ1v) is 9.85. The summed E-state index contributed by atoms with van der Waals surface area (Å²) in [7, 11) is 0. The number of anilines is 1. The number of aryl methyl sites for hydroxylation is 1. The molecular weight excluding hydrogens is 362 g/mol. The molecule has 29 heavy (non-hydrogen) atoms. The highest BCUT2D eigenvalue weighted by Gasteiger charge is 2.28. The lowest BCUT2D eigenvalue weighted by Crippen LogP contribution is -2.29. The van der Waals surface area contributed by atoms with E-state index in [0.717, 1.165) is 47.2 Å². The predicted octanol–water partition coefficient (Wildman–Crippen LogP) is 3.11. The molecule has 0 spiro atoms. The van der Waals surface area contributed by atoms with Crippen molar-refractivity contribution in [2.75, 3.05) is 11.4 Å². The van der Waals surface area contributed by atoms with Crippen molar-refractivity contribution in [3.05, 3.63) is 60.6 Å². The number of aromatic nitrogens is 5. The van der Waals surface area contributed by atoms with E-state index >= 15 is 0 Å². The number of imidazole rings is 1. The third kappa shape index (κ3) is 3.13. The van der Waals surface area contributed by atoms with E-state index in [1.165, 1.54) is 5.56 Å². The van der Waals surface area contributed by atoms with Crippen LogP contribution < -0.4 is 10.6 Å². The average molecular weight is 385 g/mol. The molecule has 146 valence electrons. The zero-order chi connectivity index (χ0) is 20.0. The van der Waals surface area contributed by atoms with Crippen LogP contribution in [0.5, 0.6) is 0 Å². The molecule has 1 saturated heterocycles. The van der Waals surface area contributed by atoms with Crippen LogP contribution in [-0.4, -0.2) is 43.1 Å². The van der Waals surface area contributed by atoms with Crippen LogP contribution in [0.1, 0.15) is 18.9 Å². The monoisotopic (exact) mass is 385 g/mol. The van der Waals surface area contributed by atoms with Gasteiger partial charge in [0.1, 0.15) is 29.3 Å². The first-order chi connectivity index (χ1) is 14.1. The van der Waals surface area contributed by atoms with Crippen LogP contribution in [-0.2, 0) is 0 Å². The number of fused-ring (bicyclic) bond motifs is 1. The van der Waals surface area contributed by atoms with Crippen LogP contribution in [0, 0.1) is 6.92 Å². The van der Waals surface area contributed by atoms with E-state index in [9.17, 15) is 0 Å². The minimum Gasteiger partial charge on any atom is -0.352 e. The normalized spacial score (nSPS) is 19.2. The molecule has 0 saturated carbocycles. The van der Waals surface area contributed by atoms with Crippen molar-refractivity contribution < 1.29 is 0 Å². The van der Waals surface area contributed by atoms with Gasteiger partial charge in [-0.25, -0.2) is 19.9 Å². The van der Waals surface area contributed by atoms with Crippen molar-refractivity contribution in [3.8, 4) is 17.2 Å². The number of nitrogens with two attached hydrogens (primary N) is 1. The predicted molar refractivity (Wildman–Crippen MR) is 114 cm³/mol. The lowest BCUT2D eigenvalue weighted by atomic mass is 10.1. The minimum absolute atomic E-state index is 0.178. The Hall–Kier alpha value is -3.32. The van der Waals surface area contributed by atoms with Crippen LogP contribution in [0.25, 0.3) is 28.4 Å². The van der Waals surface area contributed by atoms with E-state index in [1.807, 2.05) is 22.8 Å². The van der Waals surface area contributed by atoms with E-state index in [2.05, 4.69) is 53.0 Å². The van der Waals surface area contributed by atoms with Gasteiger partial charge in [-0.05, 0) is 38.5 Å². The summed E-state index contributed by atoms with van der Waals surface area (Å²) in [6, 6.07) is 14.8. The summed E-state index contributed by atoms with van der Waals surface area (Å²) in [4.78, 5) is 20.7. The SMILES string of the molecule is Cc1ccc(-c2nc3ccc(N4C[C@H](N)C[C@@H]4C)nc3n2-c2ccncn2)cc1. The second kappa shape index (κ2) is 6.93. The third-order valence-electron chi connectivity index (χ3n) is 5.50. The van der Waals surface area contributed by atoms with Gasteiger partial charge in [-0.15, -0.1) is 0 Å². The highest BCUT2D eigenvalue weighted by molar-refractivity contribution is 5.81. The van der Waals surface area contributed by atoms with Gasteiger partial charge in [0.25, 0.3) is 0 Å². The minimum atomic E-state index is 0.178. The maximum Gasteiger partial charge on any atom is 0.168 e. The number of rotatable bonds is 3. The Morgan fingerprint density at radius 3 is 2.52 bits per heavy atom. The van der Waals surface area contributed by atoms with Gasteiger partial charge in [0.2, 0.25) is 0 Å². The number of nitrogens with zero attached hydrogens (tertiary/aromatic N) is 6. The molecule has 4 heterocycles. The number of benzene rings is 1. The summed E-state index contributed by atoms with van der Waals surface area (Å²) in [6.07, 6.45) is 4.25. The molecule has 2 N–H and O–H groups in total. The van der Waals surface area contributed by atoms with Crippen molar-refractivity contribution in [2.45, 2.75) is 32.4 Å². The molecule has 4 aromatic rings. The molecule has 1 aliphatic rings. The summed E-state index contributed by atoms with van der Waals surface area (Å²) in [5, 5.41) is 0. The molecule has 7 heteroatoms. The highest BCUT2D eigenvalue weighted by Crippen LogP contribution is 2.30. The van der Waals surface area contributed by atoms with Gasteiger partial charge in [0.05, 0.1) is 0 Å². The van der Waals surface area contributed by atoms with E-state index in [1.54, 1.807) is 12.5 Å². The highest BCUT2D eigenvalue weighted by atomic mass is 15.3. The third-order valence-corrected chi connectivity index (χ3v) is 5.50. The number of hydrogen-bond donors (Lipinski definition) is 1. The lowest BCUT2D eigenvalue weighted by molar-refractivity contribution is 0.689. The first-order valence-electron chi connectivity index (χ1n) is 9.85. The summed E-state index contributed by atoms with van der Waals surface area (Å²) in [5.74, 6) is 2.48. The maximum atomic E-state index is 6.17. The van der Waals surface area contributed by atoms with Crippen molar-refractivity contribution in [1.29, 1.82) is 0 Å². The van der Waals surface area contributed by atoms with Crippen molar-refractivity contribution in [1.82, 2.24) is 24.5 Å². The van der Waals surface area contributed by atoms with Crippen LogP contribution in [0.2, 0.25) is 0 Å². The van der Waals surface area contributed by atoms with Gasteiger partial charge in [-0.3, -0.25) is 4.57 Å². The fraction of sp³-hybridized carbons (Fsp3) is 0.273. The molecule has 1 aliphatic heterocycles. The smallest absolute Gasteiger partial charge is 0.168 e. The van der Waals surface area contributed by atoms with Crippen molar-refractivity contribution in [2.24, 2.45) is 5.73 Å². The topological polar surface area (TPSA) is 85.8 Å². The van der Waals surface area contributed by atoms with Crippen molar-refractivity contribution >= 4 is 17.0 Å². The Balaban J connectivity index is 1.72. The molecule has 2 atom stereocenters. The largest absolute Gasteiger partial charge is 0.352 e. The maximum absolute atomic E-state index is 6.17. The summed E-state index contributed by atoms with van der Waals surface area (Å²) in [5.41, 5.74) is 10.0. The quantitative estimate of drug-likeness (QED) is 0.583. The second-order valence-electron chi connectivity index (χ2n) is 7.71. The Kier molecular flexibility index (Phi) is 4.24. The molecule has 5 rings (SSSR count). The van der Waals surface area contributed by atoms with E-state index in [0.29, 0.717) is 6.04 Å². The summed E-state index contributed by atoms with van der Waals surface area (Å²) >= 11 is 0. The standard InChI is InChI=1S/C22H23N7/c1-14-3-5-16(6-4-14)21-26-18-7-8-20(28-12-17(23)11-15(28)2)27-22(18)29(21)19-9-10-24-13-25-19/h3-10,13,15,17H,11-12,23H2,1-2H3/t15-,17+/m0/s1. The van der Waals surface area contributed by atoms with Gasteiger partial charge in [0, 0.05) is 30.4 Å². The molecule has 1 aromatic carbocycles. The molecule has 0 unspecified atom stereocenters. The summed E-state index contributed by atoms with van der Waals surface area (Å²) < 4.78 is 2.01. The Bertz CT molecular complexity index is 1150. The molecule has 7 nitrogen and oxygen atoms in total. The number of pyridine rings is 1. The van der Waals surface area contributed by atoms with E-state index < -0.39 is 0 Å². The molecule has 0 aliphatic carbocycles. The van der Waals surface area contributed by atoms with Crippen molar-refractivity contribution in [3.63, 3.8) is 0 Å².